The second-order valence-corrected chi connectivity index (χ2v) is 8.28. The highest BCUT2D eigenvalue weighted by Crippen LogP contribution is 2.34. The van der Waals surface area contributed by atoms with E-state index in [2.05, 4.69) is 16.0 Å². The molecule has 9 nitrogen and oxygen atoms in total. The second kappa shape index (κ2) is 14.6. The van der Waals surface area contributed by atoms with E-state index in [1.165, 1.54) is 13.8 Å². The van der Waals surface area contributed by atoms with Gasteiger partial charge in [-0.3, -0.25) is 14.4 Å². The van der Waals surface area contributed by atoms with Crippen molar-refractivity contribution in [3.05, 3.63) is 53.6 Å². The summed E-state index contributed by atoms with van der Waals surface area (Å²) in [6.45, 7) is 5.82. The van der Waals surface area contributed by atoms with E-state index in [0.29, 0.717) is 43.9 Å². The minimum Gasteiger partial charge on any atom is -0.497 e. The van der Waals surface area contributed by atoms with Crippen LogP contribution in [0.15, 0.2) is 42.5 Å². The number of carbonyl (C=O) groups is 3. The third kappa shape index (κ3) is 8.79. The van der Waals surface area contributed by atoms with E-state index in [0.717, 1.165) is 16.9 Å². The van der Waals surface area contributed by atoms with Crippen LogP contribution in [0.1, 0.15) is 57.2 Å². The zero-order valence-electron chi connectivity index (χ0n) is 21.7. The molecule has 1 unspecified atom stereocenters. The maximum absolute atomic E-state index is 13.4. The van der Waals surface area contributed by atoms with Crippen LogP contribution < -0.4 is 30.2 Å². The zero-order chi connectivity index (χ0) is 26.5. The Hall–Kier alpha value is -3.75. The van der Waals surface area contributed by atoms with Gasteiger partial charge in [0.2, 0.25) is 17.7 Å². The monoisotopic (exact) mass is 499 g/mol. The molecule has 2 aromatic carbocycles. The zero-order valence-corrected chi connectivity index (χ0v) is 21.7. The van der Waals surface area contributed by atoms with Gasteiger partial charge in [-0.15, -0.1) is 0 Å². The predicted molar refractivity (Wildman–Crippen MR) is 137 cm³/mol. The topological polar surface area (TPSA) is 115 Å². The van der Waals surface area contributed by atoms with Gasteiger partial charge in [-0.25, -0.2) is 0 Å². The molecule has 0 aliphatic rings. The molecule has 0 spiro atoms. The SMILES string of the molecule is CCOc1ccc(C(NC(=O)[C@H](CCCCNC(C)=O)NC(C)=O)c2ccc(OC)cc2OC)cc1. The first-order chi connectivity index (χ1) is 17.3. The molecule has 2 aromatic rings. The van der Waals surface area contributed by atoms with Gasteiger partial charge in [0.15, 0.2) is 0 Å². The number of hydrogen-bond acceptors (Lipinski definition) is 6. The van der Waals surface area contributed by atoms with Crippen LogP contribution in [0.2, 0.25) is 0 Å². The summed E-state index contributed by atoms with van der Waals surface area (Å²) in [7, 11) is 3.13. The minimum absolute atomic E-state index is 0.0993. The van der Waals surface area contributed by atoms with E-state index < -0.39 is 12.1 Å². The fraction of sp³-hybridized carbons (Fsp3) is 0.444. The largest absolute Gasteiger partial charge is 0.497 e. The van der Waals surface area contributed by atoms with Gasteiger partial charge >= 0.3 is 0 Å². The van der Waals surface area contributed by atoms with Crippen LogP contribution in [0.25, 0.3) is 0 Å². The first-order valence-electron chi connectivity index (χ1n) is 12.1. The van der Waals surface area contributed by atoms with E-state index in [4.69, 9.17) is 14.2 Å². The van der Waals surface area contributed by atoms with E-state index in [1.807, 2.05) is 37.3 Å². The first-order valence-corrected chi connectivity index (χ1v) is 12.1. The van der Waals surface area contributed by atoms with E-state index in [1.54, 1.807) is 26.4 Å². The molecular weight excluding hydrogens is 462 g/mol. The summed E-state index contributed by atoms with van der Waals surface area (Å²) in [5.41, 5.74) is 1.56. The number of benzene rings is 2. The fourth-order valence-electron chi connectivity index (χ4n) is 3.82. The van der Waals surface area contributed by atoms with Crippen molar-refractivity contribution in [3.8, 4) is 17.2 Å². The molecular formula is C27H37N3O6. The summed E-state index contributed by atoms with van der Waals surface area (Å²) in [5.74, 6) is 1.20. The Balaban J connectivity index is 2.32. The summed E-state index contributed by atoms with van der Waals surface area (Å²) in [6, 6.07) is 11.6. The number of hydrogen-bond donors (Lipinski definition) is 3. The molecule has 0 aliphatic carbocycles. The van der Waals surface area contributed by atoms with Crippen molar-refractivity contribution < 1.29 is 28.6 Å². The highest BCUT2D eigenvalue weighted by atomic mass is 16.5. The Morgan fingerprint density at radius 1 is 0.861 bits per heavy atom. The van der Waals surface area contributed by atoms with Crippen LogP contribution in [0, 0.1) is 0 Å². The molecule has 9 heteroatoms. The second-order valence-electron chi connectivity index (χ2n) is 8.28. The standard InChI is InChI=1S/C27H37N3O6/c1-6-36-21-12-10-20(11-13-21)26(23-15-14-22(34-4)17-25(23)35-5)30-27(33)24(29-19(3)32)9-7-8-16-28-18(2)31/h10-15,17,24,26H,6-9,16H2,1-5H3,(H,28,31)(H,29,32)(H,30,33)/t24-,26?/m0/s1. The van der Waals surface area contributed by atoms with Gasteiger partial charge in [0, 0.05) is 32.0 Å². The van der Waals surface area contributed by atoms with Crippen molar-refractivity contribution in [1.82, 2.24) is 16.0 Å². The van der Waals surface area contributed by atoms with Gasteiger partial charge in [0.25, 0.3) is 0 Å². The fourth-order valence-corrected chi connectivity index (χ4v) is 3.82. The summed E-state index contributed by atoms with van der Waals surface area (Å²) < 4.78 is 16.5. The van der Waals surface area contributed by atoms with Crippen LogP contribution in [0.5, 0.6) is 17.2 Å². The Morgan fingerprint density at radius 3 is 2.14 bits per heavy atom. The first kappa shape index (κ1) is 28.5. The van der Waals surface area contributed by atoms with Crippen LogP contribution in [0.4, 0.5) is 0 Å². The smallest absolute Gasteiger partial charge is 0.243 e. The van der Waals surface area contributed by atoms with Crippen molar-refractivity contribution in [2.75, 3.05) is 27.4 Å². The van der Waals surface area contributed by atoms with Crippen molar-refractivity contribution in [2.45, 2.75) is 52.1 Å². The van der Waals surface area contributed by atoms with E-state index in [9.17, 15) is 14.4 Å². The molecule has 0 fully saturated rings. The lowest BCUT2D eigenvalue weighted by Crippen LogP contribution is -2.47. The summed E-state index contributed by atoms with van der Waals surface area (Å²) >= 11 is 0. The molecule has 0 saturated carbocycles. The van der Waals surface area contributed by atoms with Crippen molar-refractivity contribution in [2.24, 2.45) is 0 Å². The number of carbonyl (C=O) groups excluding carboxylic acids is 3. The quantitative estimate of drug-likeness (QED) is 0.344. The van der Waals surface area contributed by atoms with Gasteiger partial charge in [0.1, 0.15) is 23.3 Å². The average molecular weight is 500 g/mol. The molecule has 2 rings (SSSR count). The number of amides is 3. The normalized spacial score (nSPS) is 12.1. The van der Waals surface area contributed by atoms with Crippen LogP contribution in [-0.4, -0.2) is 51.1 Å². The number of nitrogens with one attached hydrogen (secondary N) is 3. The molecule has 196 valence electrons. The molecule has 2 atom stereocenters. The van der Waals surface area contributed by atoms with Crippen molar-refractivity contribution in [3.63, 3.8) is 0 Å². The molecule has 0 saturated heterocycles. The Kier molecular flexibility index (Phi) is 11.6. The molecule has 3 N–H and O–H groups in total. The third-order valence-corrected chi connectivity index (χ3v) is 5.55. The molecule has 0 aliphatic heterocycles. The van der Waals surface area contributed by atoms with Gasteiger partial charge in [-0.2, -0.15) is 0 Å². The number of methoxy groups -OCH3 is 2. The summed E-state index contributed by atoms with van der Waals surface area (Å²) in [4.78, 5) is 36.3. The Labute approximate surface area is 212 Å². The van der Waals surface area contributed by atoms with Gasteiger partial charge in [-0.1, -0.05) is 12.1 Å². The van der Waals surface area contributed by atoms with Crippen molar-refractivity contribution >= 4 is 17.7 Å². The van der Waals surface area contributed by atoms with E-state index in [-0.39, 0.29) is 17.7 Å². The van der Waals surface area contributed by atoms with Gasteiger partial charge in [0.05, 0.1) is 26.9 Å². The molecule has 0 radical (unpaired) electrons. The molecule has 36 heavy (non-hydrogen) atoms. The van der Waals surface area contributed by atoms with E-state index >= 15 is 0 Å². The maximum atomic E-state index is 13.4. The summed E-state index contributed by atoms with van der Waals surface area (Å²) in [5, 5.41) is 8.58. The maximum Gasteiger partial charge on any atom is 0.243 e. The molecule has 0 bridgehead atoms. The Morgan fingerprint density at radius 2 is 1.56 bits per heavy atom. The third-order valence-electron chi connectivity index (χ3n) is 5.55. The van der Waals surface area contributed by atoms with Gasteiger partial charge in [-0.05, 0) is 56.0 Å². The van der Waals surface area contributed by atoms with Crippen molar-refractivity contribution in [1.29, 1.82) is 0 Å². The lowest BCUT2D eigenvalue weighted by Gasteiger charge is -2.25. The minimum atomic E-state index is -0.728. The summed E-state index contributed by atoms with van der Waals surface area (Å²) in [6.07, 6.45) is 1.77. The Bertz CT molecular complexity index is 1010. The molecule has 0 heterocycles. The van der Waals surface area contributed by atoms with Crippen LogP contribution >= 0.6 is 0 Å². The predicted octanol–water partition coefficient (Wildman–Crippen LogP) is 3.12. The average Bonchev–Trinajstić information content (AvgIpc) is 2.86. The number of unbranched alkanes of at least 4 members (excludes halogenated alkanes) is 1. The molecule has 0 aromatic heterocycles. The molecule has 3 amide bonds. The number of ether oxygens (including phenoxy) is 3. The highest BCUT2D eigenvalue weighted by Gasteiger charge is 2.26. The highest BCUT2D eigenvalue weighted by molar-refractivity contribution is 5.87. The van der Waals surface area contributed by atoms with Crippen LogP contribution in [-0.2, 0) is 14.4 Å². The van der Waals surface area contributed by atoms with Gasteiger partial charge < -0.3 is 30.2 Å². The van der Waals surface area contributed by atoms with Crippen LogP contribution in [0.3, 0.4) is 0 Å². The lowest BCUT2D eigenvalue weighted by molar-refractivity contribution is -0.128. The number of rotatable bonds is 14. The lowest BCUT2D eigenvalue weighted by atomic mass is 9.96.